The van der Waals surface area contributed by atoms with Crippen molar-refractivity contribution in [1.82, 2.24) is 10.2 Å². The fourth-order valence-electron chi connectivity index (χ4n) is 4.20. The van der Waals surface area contributed by atoms with Gasteiger partial charge in [0.1, 0.15) is 0 Å². The van der Waals surface area contributed by atoms with Gasteiger partial charge in [0.25, 0.3) is 5.91 Å². The first-order valence-electron chi connectivity index (χ1n) is 12.5. The minimum Gasteiger partial charge on any atom is -0.436 e. The highest BCUT2D eigenvalue weighted by molar-refractivity contribution is 6.48. The molecule has 36 heavy (non-hydrogen) atoms. The lowest BCUT2D eigenvalue weighted by atomic mass is 9.75. The number of hydrogen-bond acceptors (Lipinski definition) is 7. The summed E-state index contributed by atoms with van der Waals surface area (Å²) in [6.45, 7) is 9.44. The fraction of sp³-hybridized carbons (Fsp3) is 0.640. The lowest BCUT2D eigenvalue weighted by molar-refractivity contribution is -0.142. The number of hydrogen-bond donors (Lipinski definition) is 2. The van der Waals surface area contributed by atoms with E-state index in [1.165, 1.54) is 5.56 Å². The summed E-state index contributed by atoms with van der Waals surface area (Å²) >= 11 is 0. The molecule has 3 N–H and O–H groups in total. The average molecular weight is 503 g/mol. The Kier molecular flexibility index (Phi) is 9.38. The van der Waals surface area contributed by atoms with Crippen LogP contribution in [0.1, 0.15) is 52.5 Å². The van der Waals surface area contributed by atoms with Crippen molar-refractivity contribution in [3.8, 4) is 0 Å². The van der Waals surface area contributed by atoms with Gasteiger partial charge < -0.3 is 34.7 Å². The number of amides is 3. The first-order chi connectivity index (χ1) is 17.0. The van der Waals surface area contributed by atoms with Gasteiger partial charge in [0.15, 0.2) is 6.10 Å². The van der Waals surface area contributed by atoms with Crippen LogP contribution in [0.25, 0.3) is 0 Å². The molecule has 0 aliphatic carbocycles. The molecular weight excluding hydrogens is 465 g/mol. The molecule has 3 amide bonds. The Hall–Kier alpha value is -2.63. The molecule has 2 saturated heterocycles. The predicted octanol–water partition coefficient (Wildman–Crippen LogP) is 1.84. The SMILES string of the molecule is CC1(C)OB([C@H](CCCc2ccccc2)NC(=O)C(CC(=O)N2CCOCC2)OC(N)=O)OC1(C)C. The van der Waals surface area contributed by atoms with Crippen LogP contribution in [-0.2, 0) is 34.8 Å². The van der Waals surface area contributed by atoms with Gasteiger partial charge in [-0.3, -0.25) is 9.59 Å². The Balaban J connectivity index is 1.70. The van der Waals surface area contributed by atoms with E-state index < -0.39 is 42.4 Å². The van der Waals surface area contributed by atoms with Crippen LogP contribution in [0.15, 0.2) is 30.3 Å². The third-order valence-corrected chi connectivity index (χ3v) is 7.03. The van der Waals surface area contributed by atoms with Crippen LogP contribution in [-0.4, -0.2) is 79.5 Å². The quantitative estimate of drug-likeness (QED) is 0.466. The molecule has 3 rings (SSSR count). The molecule has 0 saturated carbocycles. The molecule has 0 bridgehead atoms. The third kappa shape index (κ3) is 7.44. The normalized spacial score (nSPS) is 20.4. The number of primary amides is 1. The maximum atomic E-state index is 13.3. The summed E-state index contributed by atoms with van der Waals surface area (Å²) in [5.74, 6) is -1.45. The lowest BCUT2D eigenvalue weighted by Crippen LogP contribution is -2.53. The van der Waals surface area contributed by atoms with Crippen molar-refractivity contribution in [2.24, 2.45) is 5.73 Å². The van der Waals surface area contributed by atoms with Crippen molar-refractivity contribution in [3.63, 3.8) is 0 Å². The monoisotopic (exact) mass is 503 g/mol. The second kappa shape index (κ2) is 12.1. The molecule has 0 aromatic heterocycles. The molecule has 2 aliphatic heterocycles. The average Bonchev–Trinajstić information content (AvgIpc) is 3.05. The van der Waals surface area contributed by atoms with Crippen LogP contribution < -0.4 is 11.1 Å². The van der Waals surface area contributed by atoms with Crippen LogP contribution in [0, 0.1) is 0 Å². The van der Waals surface area contributed by atoms with Crippen LogP contribution >= 0.6 is 0 Å². The van der Waals surface area contributed by atoms with Crippen molar-refractivity contribution < 1.29 is 33.2 Å². The maximum absolute atomic E-state index is 13.3. The topological polar surface area (TPSA) is 129 Å². The Bertz CT molecular complexity index is 890. The number of nitrogens with one attached hydrogen (secondary N) is 1. The van der Waals surface area contributed by atoms with Gasteiger partial charge in [0.2, 0.25) is 5.91 Å². The van der Waals surface area contributed by atoms with Crippen LogP contribution in [0.2, 0.25) is 0 Å². The van der Waals surface area contributed by atoms with E-state index in [4.69, 9.17) is 24.5 Å². The third-order valence-electron chi connectivity index (χ3n) is 7.03. The highest BCUT2D eigenvalue weighted by atomic mass is 16.7. The van der Waals surface area contributed by atoms with E-state index in [1.807, 2.05) is 45.9 Å². The second-order valence-electron chi connectivity index (χ2n) is 10.2. The molecule has 2 heterocycles. The van der Waals surface area contributed by atoms with Gasteiger partial charge in [-0.25, -0.2) is 4.79 Å². The lowest BCUT2D eigenvalue weighted by Gasteiger charge is -2.32. The van der Waals surface area contributed by atoms with Crippen LogP contribution in [0.3, 0.4) is 0 Å². The highest BCUT2D eigenvalue weighted by Gasteiger charge is 2.54. The minimum absolute atomic E-state index is 0.309. The Morgan fingerprint density at radius 1 is 1.08 bits per heavy atom. The minimum atomic E-state index is -1.36. The molecule has 1 aromatic carbocycles. The molecule has 10 nitrogen and oxygen atoms in total. The van der Waals surface area contributed by atoms with E-state index in [1.54, 1.807) is 4.90 Å². The second-order valence-corrected chi connectivity index (χ2v) is 10.2. The van der Waals surface area contributed by atoms with Crippen molar-refractivity contribution in [2.75, 3.05) is 26.3 Å². The zero-order chi connectivity index (χ0) is 26.3. The van der Waals surface area contributed by atoms with E-state index in [0.717, 1.165) is 12.8 Å². The van der Waals surface area contributed by atoms with Crippen molar-refractivity contribution in [2.45, 2.75) is 76.6 Å². The molecule has 11 heteroatoms. The van der Waals surface area contributed by atoms with E-state index in [-0.39, 0.29) is 12.3 Å². The Labute approximate surface area is 213 Å². The summed E-state index contributed by atoms with van der Waals surface area (Å²) < 4.78 is 22.7. The molecule has 2 fully saturated rings. The summed E-state index contributed by atoms with van der Waals surface area (Å²) in [5, 5.41) is 2.92. The van der Waals surface area contributed by atoms with Gasteiger partial charge in [-0.05, 0) is 52.5 Å². The molecule has 2 atom stereocenters. The number of carbonyl (C=O) groups excluding carboxylic acids is 3. The Morgan fingerprint density at radius 2 is 1.69 bits per heavy atom. The van der Waals surface area contributed by atoms with E-state index >= 15 is 0 Å². The van der Waals surface area contributed by atoms with E-state index in [9.17, 15) is 14.4 Å². The van der Waals surface area contributed by atoms with Crippen molar-refractivity contribution in [1.29, 1.82) is 0 Å². The first-order valence-corrected chi connectivity index (χ1v) is 12.5. The van der Waals surface area contributed by atoms with Crippen molar-refractivity contribution >= 4 is 25.0 Å². The first kappa shape index (κ1) is 28.0. The molecule has 1 aromatic rings. The summed E-state index contributed by atoms with van der Waals surface area (Å²) in [5.41, 5.74) is 5.23. The van der Waals surface area contributed by atoms with E-state index in [0.29, 0.717) is 32.7 Å². The highest BCUT2D eigenvalue weighted by Crippen LogP contribution is 2.38. The smallest absolute Gasteiger partial charge is 0.436 e. The summed E-state index contributed by atoms with van der Waals surface area (Å²) in [7, 11) is -0.709. The van der Waals surface area contributed by atoms with Crippen molar-refractivity contribution in [3.05, 3.63) is 35.9 Å². The Morgan fingerprint density at radius 3 is 2.28 bits per heavy atom. The van der Waals surface area contributed by atoms with Crippen LogP contribution in [0.4, 0.5) is 4.79 Å². The molecule has 1 unspecified atom stereocenters. The summed E-state index contributed by atoms with van der Waals surface area (Å²) in [6.07, 6.45) is -0.679. The van der Waals surface area contributed by atoms with Gasteiger partial charge in [-0.2, -0.15) is 0 Å². The van der Waals surface area contributed by atoms with Gasteiger partial charge in [0.05, 0.1) is 36.8 Å². The predicted molar refractivity (Wildman–Crippen MR) is 134 cm³/mol. The zero-order valence-electron chi connectivity index (χ0n) is 21.7. The number of benzene rings is 1. The largest absolute Gasteiger partial charge is 0.481 e. The molecule has 198 valence electrons. The van der Waals surface area contributed by atoms with Gasteiger partial charge in [-0.1, -0.05) is 30.3 Å². The number of nitrogens with two attached hydrogens (primary N) is 1. The number of ether oxygens (including phenoxy) is 2. The van der Waals surface area contributed by atoms with Gasteiger partial charge in [-0.15, -0.1) is 0 Å². The summed E-state index contributed by atoms with van der Waals surface area (Å²) in [6, 6.07) is 10.0. The fourth-order valence-corrected chi connectivity index (χ4v) is 4.20. The number of rotatable bonds is 10. The molecular formula is C25H38BN3O7. The van der Waals surface area contributed by atoms with E-state index in [2.05, 4.69) is 17.4 Å². The molecule has 0 radical (unpaired) electrons. The number of carbonyl (C=O) groups is 3. The van der Waals surface area contributed by atoms with Gasteiger partial charge in [0, 0.05) is 13.1 Å². The number of nitrogens with zero attached hydrogens (tertiary/aromatic N) is 1. The number of aryl methyl sites for hydroxylation is 1. The zero-order valence-corrected chi connectivity index (χ0v) is 21.7. The molecule has 0 spiro atoms. The molecule has 2 aliphatic rings. The van der Waals surface area contributed by atoms with Crippen LogP contribution in [0.5, 0.6) is 0 Å². The number of morpholine rings is 1. The standard InChI is InChI=1S/C25H38BN3O7/c1-24(2)25(3,4)36-26(35-24)20(12-8-11-18-9-6-5-7-10-18)28-22(31)19(34-23(27)32)17-21(30)29-13-15-33-16-14-29/h5-7,9-10,19-20H,8,11-17H2,1-4H3,(H2,27,32)(H,28,31)/t19?,20-/m0/s1. The summed E-state index contributed by atoms with van der Waals surface area (Å²) in [4.78, 5) is 39.1. The maximum Gasteiger partial charge on any atom is 0.481 e. The van der Waals surface area contributed by atoms with Gasteiger partial charge >= 0.3 is 13.2 Å².